The van der Waals surface area contributed by atoms with Gasteiger partial charge >= 0.3 is 0 Å². The topological polar surface area (TPSA) is 47.0 Å². The summed E-state index contributed by atoms with van der Waals surface area (Å²) in [6.07, 6.45) is 1.93. The lowest BCUT2D eigenvalue weighted by Gasteiger charge is -2.18. The van der Waals surface area contributed by atoms with Crippen LogP contribution < -0.4 is 10.1 Å². The average molecular weight is 305 g/mol. The van der Waals surface area contributed by atoms with Crippen LogP contribution in [0.25, 0.3) is 0 Å². The second kappa shape index (κ2) is 8.10. The molecule has 5 heteroatoms. The predicted octanol–water partition coefficient (Wildman–Crippen LogP) is 3.59. The molecule has 1 aromatic heterocycles. The summed E-state index contributed by atoms with van der Waals surface area (Å²) in [5.74, 6) is 0.925. The second-order valence-corrected chi connectivity index (χ2v) is 5.63. The highest BCUT2D eigenvalue weighted by atomic mass is 32.1. The lowest BCUT2D eigenvalue weighted by molar-refractivity contribution is 0.317. The van der Waals surface area contributed by atoms with Gasteiger partial charge < -0.3 is 10.1 Å². The minimum absolute atomic E-state index is 0.158. The Morgan fingerprint density at radius 2 is 1.95 bits per heavy atom. The Morgan fingerprint density at radius 1 is 1.19 bits per heavy atom. The van der Waals surface area contributed by atoms with Gasteiger partial charge in [-0.15, -0.1) is 5.10 Å². The Kier molecular flexibility index (Phi) is 6.14. The average Bonchev–Trinajstić information content (AvgIpc) is 2.99. The van der Waals surface area contributed by atoms with Gasteiger partial charge in [0.2, 0.25) is 0 Å². The molecule has 0 amide bonds. The predicted molar refractivity (Wildman–Crippen MR) is 87.0 cm³/mol. The summed E-state index contributed by atoms with van der Waals surface area (Å²) in [7, 11) is 0. The van der Waals surface area contributed by atoms with E-state index in [1.807, 2.05) is 12.1 Å². The van der Waals surface area contributed by atoms with Crippen LogP contribution in [-0.2, 0) is 6.42 Å². The summed E-state index contributed by atoms with van der Waals surface area (Å²) < 4.78 is 9.75. The maximum atomic E-state index is 5.64. The smallest absolute Gasteiger partial charge is 0.119 e. The first-order chi connectivity index (χ1) is 10.3. The molecule has 0 bridgehead atoms. The third-order valence-corrected chi connectivity index (χ3v) is 4.11. The minimum Gasteiger partial charge on any atom is -0.494 e. The van der Waals surface area contributed by atoms with E-state index in [0.717, 1.165) is 37.4 Å². The zero-order chi connectivity index (χ0) is 15.1. The minimum atomic E-state index is 0.158. The normalized spacial score (nSPS) is 12.3. The largest absolute Gasteiger partial charge is 0.494 e. The number of aryl methyl sites for hydroxylation is 1. The summed E-state index contributed by atoms with van der Waals surface area (Å²) >= 11 is 1.48. The molecule has 2 rings (SSSR count). The van der Waals surface area contributed by atoms with Gasteiger partial charge in [-0.2, -0.15) is 0 Å². The molecule has 21 heavy (non-hydrogen) atoms. The number of nitrogens with one attached hydrogen (secondary N) is 1. The third-order valence-electron chi connectivity index (χ3n) is 3.28. The van der Waals surface area contributed by atoms with Gasteiger partial charge in [0.05, 0.1) is 23.2 Å². The van der Waals surface area contributed by atoms with Crippen molar-refractivity contribution in [2.24, 2.45) is 0 Å². The van der Waals surface area contributed by atoms with Crippen LogP contribution in [0.1, 0.15) is 49.4 Å². The summed E-state index contributed by atoms with van der Waals surface area (Å²) in [6.45, 7) is 8.00. The maximum Gasteiger partial charge on any atom is 0.119 e. The highest BCUT2D eigenvalue weighted by molar-refractivity contribution is 7.05. The summed E-state index contributed by atoms with van der Waals surface area (Å²) in [5, 5.41) is 7.75. The molecule has 1 atom stereocenters. The van der Waals surface area contributed by atoms with Crippen molar-refractivity contribution in [3.63, 3.8) is 0 Å². The van der Waals surface area contributed by atoms with Gasteiger partial charge in [0, 0.05) is 0 Å². The fraction of sp³-hybridized carbons (Fsp3) is 0.500. The molecule has 2 aromatic rings. The van der Waals surface area contributed by atoms with E-state index < -0.39 is 0 Å². The van der Waals surface area contributed by atoms with Gasteiger partial charge in [0.25, 0.3) is 0 Å². The second-order valence-electron chi connectivity index (χ2n) is 4.85. The summed E-state index contributed by atoms with van der Waals surface area (Å²) in [5.41, 5.74) is 2.30. The van der Waals surface area contributed by atoms with Crippen molar-refractivity contribution in [2.45, 2.75) is 39.7 Å². The van der Waals surface area contributed by atoms with Crippen LogP contribution >= 0.6 is 11.5 Å². The first-order valence-electron chi connectivity index (χ1n) is 7.57. The number of nitrogens with zero attached hydrogens (tertiary/aromatic N) is 2. The molecule has 1 N–H and O–H groups in total. The van der Waals surface area contributed by atoms with Crippen LogP contribution in [0.15, 0.2) is 24.3 Å². The fourth-order valence-electron chi connectivity index (χ4n) is 2.22. The van der Waals surface area contributed by atoms with Crippen molar-refractivity contribution >= 4 is 11.5 Å². The maximum absolute atomic E-state index is 5.64. The van der Waals surface area contributed by atoms with Crippen LogP contribution in [0.3, 0.4) is 0 Å². The Morgan fingerprint density at radius 3 is 2.57 bits per heavy atom. The number of benzene rings is 1. The van der Waals surface area contributed by atoms with Crippen LogP contribution in [-0.4, -0.2) is 22.7 Å². The molecule has 1 aromatic carbocycles. The van der Waals surface area contributed by atoms with Gasteiger partial charge in [-0.3, -0.25) is 0 Å². The number of rotatable bonds is 8. The molecule has 0 saturated heterocycles. The molecule has 0 spiro atoms. The van der Waals surface area contributed by atoms with E-state index in [9.17, 15) is 0 Å². The Labute approximate surface area is 130 Å². The molecule has 0 aliphatic carbocycles. The number of hydrogen-bond acceptors (Lipinski definition) is 5. The highest BCUT2D eigenvalue weighted by Gasteiger charge is 2.19. The number of aromatic nitrogens is 2. The van der Waals surface area contributed by atoms with E-state index in [4.69, 9.17) is 4.74 Å². The molecule has 0 saturated carbocycles. The van der Waals surface area contributed by atoms with Crippen molar-refractivity contribution in [1.29, 1.82) is 0 Å². The van der Waals surface area contributed by atoms with Gasteiger partial charge in [0.15, 0.2) is 0 Å². The first kappa shape index (κ1) is 15.9. The molecule has 0 aliphatic heterocycles. The molecule has 0 aliphatic rings. The van der Waals surface area contributed by atoms with E-state index in [0.29, 0.717) is 0 Å². The zero-order valence-corrected chi connectivity index (χ0v) is 13.7. The van der Waals surface area contributed by atoms with Crippen LogP contribution in [0.5, 0.6) is 5.75 Å². The Balaban J connectivity index is 2.22. The van der Waals surface area contributed by atoms with Crippen molar-refractivity contribution in [3.05, 3.63) is 40.4 Å². The van der Waals surface area contributed by atoms with E-state index in [2.05, 4.69) is 47.8 Å². The van der Waals surface area contributed by atoms with Gasteiger partial charge in [-0.1, -0.05) is 37.4 Å². The van der Waals surface area contributed by atoms with Crippen LogP contribution in [0.2, 0.25) is 0 Å². The first-order valence-corrected chi connectivity index (χ1v) is 8.34. The molecule has 1 unspecified atom stereocenters. The van der Waals surface area contributed by atoms with Crippen molar-refractivity contribution in [1.82, 2.24) is 14.9 Å². The third kappa shape index (κ3) is 4.02. The number of hydrogen-bond donors (Lipinski definition) is 1. The molecule has 4 nitrogen and oxygen atoms in total. The van der Waals surface area contributed by atoms with Gasteiger partial charge in [0.1, 0.15) is 5.75 Å². The van der Waals surface area contributed by atoms with Gasteiger partial charge in [-0.25, -0.2) is 0 Å². The van der Waals surface area contributed by atoms with Crippen LogP contribution in [0.4, 0.5) is 0 Å². The molecule has 0 fully saturated rings. The highest BCUT2D eigenvalue weighted by Crippen LogP contribution is 2.28. The molecule has 0 radical (unpaired) electrons. The van der Waals surface area contributed by atoms with Crippen molar-refractivity contribution in [3.8, 4) is 5.75 Å². The standard InChI is InChI=1S/C16H23N3OS/c1-4-11-20-13-9-7-12(8-10-13)15(17-6-3)16-14(5-2)18-19-21-16/h7-10,15,17H,4-6,11H2,1-3H3. The van der Waals surface area contributed by atoms with Crippen molar-refractivity contribution in [2.75, 3.05) is 13.2 Å². The number of ether oxygens (including phenoxy) is 1. The lowest BCUT2D eigenvalue weighted by atomic mass is 10.0. The molecule has 114 valence electrons. The Bertz CT molecular complexity index is 539. The van der Waals surface area contributed by atoms with Crippen LogP contribution in [0, 0.1) is 0 Å². The summed E-state index contributed by atoms with van der Waals surface area (Å²) in [6, 6.07) is 8.48. The van der Waals surface area contributed by atoms with E-state index in [1.165, 1.54) is 22.0 Å². The van der Waals surface area contributed by atoms with E-state index >= 15 is 0 Å². The van der Waals surface area contributed by atoms with E-state index in [-0.39, 0.29) is 6.04 Å². The molecular weight excluding hydrogens is 282 g/mol. The Hall–Kier alpha value is -1.46. The van der Waals surface area contributed by atoms with Gasteiger partial charge in [-0.05, 0) is 48.6 Å². The fourth-order valence-corrected chi connectivity index (χ4v) is 3.07. The SMILES string of the molecule is CCCOc1ccc(C(NCC)c2snnc2CC)cc1. The monoisotopic (exact) mass is 305 g/mol. The molecule has 1 heterocycles. The lowest BCUT2D eigenvalue weighted by Crippen LogP contribution is -2.22. The van der Waals surface area contributed by atoms with E-state index in [1.54, 1.807) is 0 Å². The quantitative estimate of drug-likeness (QED) is 0.809. The zero-order valence-electron chi connectivity index (χ0n) is 12.9. The molecular formula is C16H23N3OS. The van der Waals surface area contributed by atoms with Crippen molar-refractivity contribution < 1.29 is 4.74 Å². The summed E-state index contributed by atoms with van der Waals surface area (Å²) in [4.78, 5) is 1.21.